The Morgan fingerprint density at radius 3 is 1.65 bits per heavy atom. The van der Waals surface area contributed by atoms with E-state index in [9.17, 15) is 0 Å². The van der Waals surface area contributed by atoms with Gasteiger partial charge in [-0.1, -0.05) is 94.2 Å². The molecule has 6 rings (SSSR count). The van der Waals surface area contributed by atoms with Gasteiger partial charge in [0.05, 0.1) is 0 Å². The van der Waals surface area contributed by atoms with Crippen LogP contribution in [0.25, 0.3) is 21.5 Å². The van der Waals surface area contributed by atoms with Gasteiger partial charge in [0.1, 0.15) is 0 Å². The molecule has 1 aliphatic carbocycles. The van der Waals surface area contributed by atoms with E-state index in [4.69, 9.17) is 0 Å². The standard InChI is InChI=1S/C15H13.C14H23.C13H10.Zr/c1-10-3-5-14-12(7-10)9-13-8-11(2)4-6-15(13)14;1-4-7-12-10-11-13(8-5-2)14(12)9-6-3;1-3-7-12(8-4-1)11-13-9-5-2-6-10-13;/h3-9H,1-2H3;10,13H,4-9H2,1-3H3;1-10H;/q2*-1;;+2. The Hall–Kier alpha value is -3.02. The van der Waals surface area contributed by atoms with Gasteiger partial charge in [0.15, 0.2) is 0 Å². The van der Waals surface area contributed by atoms with Crippen molar-refractivity contribution < 1.29 is 24.2 Å². The van der Waals surface area contributed by atoms with E-state index in [0.717, 1.165) is 0 Å². The maximum atomic E-state index is 3.53. The second-order valence-corrected chi connectivity index (χ2v) is 12.9. The molecule has 0 N–H and O–H groups in total. The molecule has 1 unspecified atom stereocenters. The zero-order valence-electron chi connectivity index (χ0n) is 26.7. The van der Waals surface area contributed by atoms with Crippen LogP contribution >= 0.6 is 0 Å². The van der Waals surface area contributed by atoms with Gasteiger partial charge in [-0.3, -0.25) is 6.08 Å². The molecule has 0 saturated carbocycles. The first-order valence-corrected chi connectivity index (χ1v) is 17.2. The van der Waals surface area contributed by atoms with Crippen molar-refractivity contribution in [2.45, 2.75) is 73.1 Å². The minimum absolute atomic E-state index is 0.654. The van der Waals surface area contributed by atoms with Crippen molar-refractivity contribution in [3.63, 3.8) is 0 Å². The average Bonchev–Trinajstić information content (AvgIpc) is 3.58. The van der Waals surface area contributed by atoms with E-state index in [-0.39, 0.29) is 0 Å². The Labute approximate surface area is 275 Å². The van der Waals surface area contributed by atoms with Crippen molar-refractivity contribution in [3.05, 3.63) is 149 Å². The minimum atomic E-state index is 0.654. The molecule has 0 nitrogen and oxygen atoms in total. The number of hydrogen-bond acceptors (Lipinski definition) is 0. The number of aryl methyl sites for hydroxylation is 2. The van der Waals surface area contributed by atoms with Crippen molar-refractivity contribution in [2.75, 3.05) is 0 Å². The summed E-state index contributed by atoms with van der Waals surface area (Å²) in [5, 5.41) is 5.46. The van der Waals surface area contributed by atoms with Gasteiger partial charge in [0.25, 0.3) is 0 Å². The zero-order valence-corrected chi connectivity index (χ0v) is 29.2. The fourth-order valence-corrected chi connectivity index (χ4v) is 6.73. The molecular formula is C42H46Zr. The summed E-state index contributed by atoms with van der Waals surface area (Å²) in [6, 6.07) is 36.7. The van der Waals surface area contributed by atoms with E-state index >= 15 is 0 Å². The number of fused-ring (bicyclic) bond motifs is 3. The maximum absolute atomic E-state index is 3.53. The number of rotatable bonds is 8. The van der Waals surface area contributed by atoms with Crippen LogP contribution in [0.3, 0.4) is 0 Å². The van der Waals surface area contributed by atoms with Gasteiger partial charge in [0.2, 0.25) is 0 Å². The summed E-state index contributed by atoms with van der Waals surface area (Å²) in [5.41, 5.74) is 8.60. The van der Waals surface area contributed by atoms with Crippen molar-refractivity contribution >= 4 is 24.8 Å². The van der Waals surface area contributed by atoms with Crippen LogP contribution in [0, 0.1) is 25.8 Å². The van der Waals surface area contributed by atoms with E-state index in [1.807, 2.05) is 0 Å². The summed E-state index contributed by atoms with van der Waals surface area (Å²) >= 11 is 1.46. The van der Waals surface area contributed by atoms with Gasteiger partial charge in [0, 0.05) is 0 Å². The van der Waals surface area contributed by atoms with Gasteiger partial charge in [-0.05, 0) is 20.3 Å². The Morgan fingerprint density at radius 1 is 0.674 bits per heavy atom. The predicted octanol–water partition coefficient (Wildman–Crippen LogP) is 11.8. The molecule has 218 valence electrons. The summed E-state index contributed by atoms with van der Waals surface area (Å²) < 4.78 is 1.42. The van der Waals surface area contributed by atoms with Crippen LogP contribution in [0.15, 0.2) is 120 Å². The molecule has 0 heterocycles. The quantitative estimate of drug-likeness (QED) is 0.148. The van der Waals surface area contributed by atoms with Crippen LogP contribution < -0.4 is 0 Å². The molecule has 43 heavy (non-hydrogen) atoms. The van der Waals surface area contributed by atoms with Crippen LogP contribution in [-0.4, -0.2) is 3.21 Å². The molecular weight excluding hydrogens is 596 g/mol. The second-order valence-electron chi connectivity index (χ2n) is 11.6. The van der Waals surface area contributed by atoms with E-state index < -0.39 is 0 Å². The molecule has 0 amide bonds. The molecule has 0 aliphatic heterocycles. The van der Waals surface area contributed by atoms with Crippen molar-refractivity contribution in [1.82, 2.24) is 0 Å². The molecule has 0 radical (unpaired) electrons. The molecule has 0 bridgehead atoms. The van der Waals surface area contributed by atoms with Crippen LogP contribution in [0.4, 0.5) is 0 Å². The molecule has 5 aromatic rings. The summed E-state index contributed by atoms with van der Waals surface area (Å²) in [5.74, 6) is 0.654. The molecule has 0 spiro atoms. The van der Waals surface area contributed by atoms with Crippen LogP contribution in [0.2, 0.25) is 0 Å². The topological polar surface area (TPSA) is 0 Å². The van der Waals surface area contributed by atoms with Crippen molar-refractivity contribution in [3.8, 4) is 0 Å². The van der Waals surface area contributed by atoms with Gasteiger partial charge >= 0.3 is 99.2 Å². The van der Waals surface area contributed by atoms with Crippen LogP contribution in [0.1, 0.15) is 81.5 Å². The third kappa shape index (κ3) is 9.00. The Kier molecular flexibility index (Phi) is 12.8. The molecule has 0 saturated heterocycles. The number of hydrogen-bond donors (Lipinski definition) is 0. The van der Waals surface area contributed by atoms with E-state index in [1.165, 1.54) is 110 Å². The van der Waals surface area contributed by atoms with Crippen LogP contribution in [0.5, 0.6) is 0 Å². The molecule has 0 fully saturated rings. The van der Waals surface area contributed by atoms with Gasteiger partial charge in [-0.15, -0.1) is 39.7 Å². The van der Waals surface area contributed by atoms with Gasteiger partial charge < -0.3 is 0 Å². The predicted molar refractivity (Wildman–Crippen MR) is 186 cm³/mol. The molecule has 1 atom stereocenters. The van der Waals surface area contributed by atoms with Gasteiger partial charge in [-0.25, -0.2) is 6.08 Å². The van der Waals surface area contributed by atoms with E-state index in [2.05, 4.69) is 150 Å². The zero-order chi connectivity index (χ0) is 30.6. The number of benzene rings is 4. The molecule has 0 aromatic heterocycles. The normalized spacial score (nSPS) is 14.0. The van der Waals surface area contributed by atoms with Crippen molar-refractivity contribution in [2.24, 2.45) is 5.92 Å². The molecule has 5 aromatic carbocycles. The number of allylic oxidation sites excluding steroid dienone is 4. The third-order valence-corrected chi connectivity index (χ3v) is 9.47. The average molecular weight is 642 g/mol. The summed E-state index contributed by atoms with van der Waals surface area (Å²) in [6.07, 6.45) is 13.4. The van der Waals surface area contributed by atoms with Crippen molar-refractivity contribution in [1.29, 1.82) is 0 Å². The SMILES string of the molecule is CCCC1=C(CCC)C(CCC)[C-]=C1.Cc1ccc2c(c1)[cH-]c1cc(C)ccc12.[Zr+2]=[C](c1ccccc1)c1ccccc1. The Bertz CT molecular complexity index is 1570. The first-order valence-electron chi connectivity index (χ1n) is 16.0. The van der Waals surface area contributed by atoms with Gasteiger partial charge in [-0.2, -0.15) is 11.1 Å². The third-order valence-electron chi connectivity index (χ3n) is 8.05. The summed E-state index contributed by atoms with van der Waals surface area (Å²) in [7, 11) is 0. The Morgan fingerprint density at radius 2 is 1.19 bits per heavy atom. The molecule has 1 heteroatoms. The monoisotopic (exact) mass is 640 g/mol. The Balaban J connectivity index is 0.000000148. The fraction of sp³-hybridized carbons (Fsp3) is 0.286. The fourth-order valence-electron chi connectivity index (χ4n) is 5.91. The summed E-state index contributed by atoms with van der Waals surface area (Å²) in [6.45, 7) is 11.1. The first-order chi connectivity index (χ1) is 20.9. The van der Waals surface area contributed by atoms with E-state index in [1.54, 1.807) is 11.1 Å². The van der Waals surface area contributed by atoms with Crippen LogP contribution in [-0.2, 0) is 24.2 Å². The second kappa shape index (κ2) is 16.7. The first kappa shape index (κ1) is 32.9. The summed E-state index contributed by atoms with van der Waals surface area (Å²) in [4.78, 5) is 0. The molecule has 1 aliphatic rings. The van der Waals surface area contributed by atoms with E-state index in [0.29, 0.717) is 5.92 Å².